The molecule has 1 aliphatic carbocycles. The van der Waals surface area contributed by atoms with Gasteiger partial charge in [0.25, 0.3) is 0 Å². The summed E-state index contributed by atoms with van der Waals surface area (Å²) in [5.74, 6) is -0.246. The molecule has 1 heterocycles. The first-order valence-electron chi connectivity index (χ1n) is 5.37. The molecule has 1 fully saturated rings. The molecule has 2 atom stereocenters. The van der Waals surface area contributed by atoms with Crippen molar-refractivity contribution in [2.45, 2.75) is 33.2 Å². The largest absolute Gasteiger partial charge is 0.477 e. The van der Waals surface area contributed by atoms with Crippen molar-refractivity contribution in [3.05, 3.63) is 24.0 Å². The monoisotopic (exact) mass is 207 g/mol. The minimum absolute atomic E-state index is 0.267. The number of hydrogen-bond donors (Lipinski definition) is 1. The van der Waals surface area contributed by atoms with Crippen LogP contribution < -0.4 is 0 Å². The lowest BCUT2D eigenvalue weighted by Crippen LogP contribution is -2.13. The van der Waals surface area contributed by atoms with Crippen LogP contribution in [0.3, 0.4) is 0 Å². The van der Waals surface area contributed by atoms with Crippen molar-refractivity contribution in [3.63, 3.8) is 0 Å². The molecule has 0 spiro atoms. The highest BCUT2D eigenvalue weighted by Gasteiger charge is 2.53. The van der Waals surface area contributed by atoms with Gasteiger partial charge in [-0.2, -0.15) is 0 Å². The highest BCUT2D eigenvalue weighted by atomic mass is 16.4. The Kier molecular flexibility index (Phi) is 2.14. The topological polar surface area (TPSA) is 42.2 Å². The number of carboxylic acid groups (broad SMARTS) is 1. The standard InChI is InChI=1S/C12H17NO2/c1-8(2)12(3)7-10(12)13-6-4-5-9(13)11(14)15/h4-6,8,10H,7H2,1-3H3,(H,14,15). The third-order valence-electron chi connectivity index (χ3n) is 3.89. The van der Waals surface area contributed by atoms with E-state index in [2.05, 4.69) is 20.8 Å². The van der Waals surface area contributed by atoms with Gasteiger partial charge in [-0.15, -0.1) is 0 Å². The summed E-state index contributed by atoms with van der Waals surface area (Å²) in [7, 11) is 0. The maximum absolute atomic E-state index is 11.0. The summed E-state index contributed by atoms with van der Waals surface area (Å²) in [4.78, 5) is 11.0. The zero-order chi connectivity index (χ0) is 11.2. The van der Waals surface area contributed by atoms with Gasteiger partial charge in [-0.1, -0.05) is 20.8 Å². The van der Waals surface area contributed by atoms with Crippen LogP contribution in [0.4, 0.5) is 0 Å². The molecule has 0 saturated heterocycles. The third kappa shape index (κ3) is 1.46. The molecule has 2 rings (SSSR count). The van der Waals surface area contributed by atoms with Crippen molar-refractivity contribution in [2.24, 2.45) is 11.3 Å². The molecule has 2 unspecified atom stereocenters. The van der Waals surface area contributed by atoms with Crippen LogP contribution >= 0.6 is 0 Å². The van der Waals surface area contributed by atoms with Crippen LogP contribution in [0.15, 0.2) is 18.3 Å². The summed E-state index contributed by atoms with van der Waals surface area (Å²) >= 11 is 0. The number of carboxylic acids is 1. The van der Waals surface area contributed by atoms with Crippen LogP contribution in [0.5, 0.6) is 0 Å². The molecule has 3 nitrogen and oxygen atoms in total. The molecule has 1 aromatic rings. The average Bonchev–Trinajstić information content (AvgIpc) is 2.63. The summed E-state index contributed by atoms with van der Waals surface area (Å²) in [6.07, 6.45) is 2.96. The van der Waals surface area contributed by atoms with Gasteiger partial charge >= 0.3 is 5.97 Å². The van der Waals surface area contributed by atoms with E-state index in [-0.39, 0.29) is 5.41 Å². The van der Waals surface area contributed by atoms with Gasteiger partial charge in [-0.05, 0) is 29.9 Å². The van der Waals surface area contributed by atoms with E-state index in [4.69, 9.17) is 5.11 Å². The molecule has 0 aliphatic heterocycles. The summed E-state index contributed by atoms with van der Waals surface area (Å²) in [6, 6.07) is 3.84. The van der Waals surface area contributed by atoms with Gasteiger partial charge in [0.15, 0.2) is 0 Å². The molecular weight excluding hydrogens is 190 g/mol. The van der Waals surface area contributed by atoms with Crippen LogP contribution in [0.25, 0.3) is 0 Å². The zero-order valence-electron chi connectivity index (χ0n) is 9.40. The van der Waals surface area contributed by atoms with Crippen molar-refractivity contribution in [1.29, 1.82) is 0 Å². The second-order valence-electron chi connectivity index (χ2n) is 4.99. The van der Waals surface area contributed by atoms with Crippen LogP contribution in [-0.2, 0) is 0 Å². The van der Waals surface area contributed by atoms with Crippen LogP contribution in [0.2, 0.25) is 0 Å². The van der Waals surface area contributed by atoms with Crippen molar-refractivity contribution in [3.8, 4) is 0 Å². The van der Waals surface area contributed by atoms with Gasteiger partial charge in [0.2, 0.25) is 0 Å². The number of rotatable bonds is 3. The van der Waals surface area contributed by atoms with Crippen molar-refractivity contribution in [1.82, 2.24) is 4.57 Å². The SMILES string of the molecule is CC(C)C1(C)CC1n1cccc1C(=O)O. The molecule has 1 aromatic heterocycles. The van der Waals surface area contributed by atoms with Crippen LogP contribution in [0, 0.1) is 11.3 Å². The van der Waals surface area contributed by atoms with Gasteiger partial charge < -0.3 is 9.67 Å². The van der Waals surface area contributed by atoms with Gasteiger partial charge in [0.1, 0.15) is 5.69 Å². The predicted molar refractivity (Wildman–Crippen MR) is 58.0 cm³/mol. The quantitative estimate of drug-likeness (QED) is 0.828. The molecule has 0 aromatic carbocycles. The average molecular weight is 207 g/mol. The Bertz CT molecular complexity index is 394. The van der Waals surface area contributed by atoms with Gasteiger partial charge in [0, 0.05) is 12.2 Å². The summed E-state index contributed by atoms with van der Waals surface area (Å²) < 4.78 is 1.91. The third-order valence-corrected chi connectivity index (χ3v) is 3.89. The molecule has 15 heavy (non-hydrogen) atoms. The molecule has 1 N–H and O–H groups in total. The predicted octanol–water partition coefficient (Wildman–Crippen LogP) is 2.79. The highest BCUT2D eigenvalue weighted by molar-refractivity contribution is 5.85. The second-order valence-corrected chi connectivity index (χ2v) is 4.99. The normalized spacial score (nSPS) is 29.5. The first-order valence-corrected chi connectivity index (χ1v) is 5.37. The van der Waals surface area contributed by atoms with E-state index in [1.165, 1.54) is 0 Å². The smallest absolute Gasteiger partial charge is 0.352 e. The van der Waals surface area contributed by atoms with Gasteiger partial charge in [0.05, 0.1) is 0 Å². The lowest BCUT2D eigenvalue weighted by molar-refractivity contribution is 0.0684. The summed E-state index contributed by atoms with van der Waals surface area (Å²) in [6.45, 7) is 6.63. The number of aromatic carboxylic acids is 1. The van der Waals surface area contributed by atoms with Crippen LogP contribution in [-0.4, -0.2) is 15.6 Å². The van der Waals surface area contributed by atoms with E-state index in [1.807, 2.05) is 16.8 Å². The maximum atomic E-state index is 11.0. The molecule has 0 amide bonds. The number of carbonyl (C=O) groups is 1. The Labute approximate surface area is 89.7 Å². The fourth-order valence-corrected chi connectivity index (χ4v) is 2.24. The van der Waals surface area contributed by atoms with E-state index in [0.717, 1.165) is 6.42 Å². The molecule has 1 saturated carbocycles. The minimum Gasteiger partial charge on any atom is -0.477 e. The Balaban J connectivity index is 2.27. The lowest BCUT2D eigenvalue weighted by Gasteiger charge is -2.17. The Morgan fingerprint density at radius 1 is 1.67 bits per heavy atom. The van der Waals surface area contributed by atoms with Crippen molar-refractivity contribution in [2.75, 3.05) is 0 Å². The number of aromatic nitrogens is 1. The molecule has 0 bridgehead atoms. The summed E-state index contributed by atoms with van der Waals surface area (Å²) in [5, 5.41) is 9.02. The highest BCUT2D eigenvalue weighted by Crippen LogP contribution is 2.60. The Morgan fingerprint density at radius 3 is 2.80 bits per heavy atom. The Morgan fingerprint density at radius 2 is 2.33 bits per heavy atom. The summed E-state index contributed by atoms with van der Waals surface area (Å²) in [5.41, 5.74) is 0.674. The molecular formula is C12H17NO2. The van der Waals surface area contributed by atoms with E-state index >= 15 is 0 Å². The van der Waals surface area contributed by atoms with E-state index in [1.54, 1.807) is 6.07 Å². The molecule has 0 radical (unpaired) electrons. The van der Waals surface area contributed by atoms with Crippen LogP contribution in [0.1, 0.15) is 43.7 Å². The molecule has 82 valence electrons. The number of nitrogens with zero attached hydrogens (tertiary/aromatic N) is 1. The van der Waals surface area contributed by atoms with Crippen molar-refractivity contribution < 1.29 is 9.90 Å². The first kappa shape index (κ1) is 10.3. The fourth-order valence-electron chi connectivity index (χ4n) is 2.24. The maximum Gasteiger partial charge on any atom is 0.352 e. The Hall–Kier alpha value is -1.25. The van der Waals surface area contributed by atoms with E-state index < -0.39 is 5.97 Å². The minimum atomic E-state index is -0.835. The van der Waals surface area contributed by atoms with Crippen molar-refractivity contribution >= 4 is 5.97 Å². The van der Waals surface area contributed by atoms with Gasteiger partial charge in [-0.3, -0.25) is 0 Å². The molecule has 3 heteroatoms. The van der Waals surface area contributed by atoms with Gasteiger partial charge in [-0.25, -0.2) is 4.79 Å². The first-order chi connectivity index (χ1) is 6.97. The fraction of sp³-hybridized carbons (Fsp3) is 0.583. The second kappa shape index (κ2) is 3.12. The lowest BCUT2D eigenvalue weighted by atomic mass is 9.94. The van der Waals surface area contributed by atoms with E-state index in [9.17, 15) is 4.79 Å². The zero-order valence-corrected chi connectivity index (χ0v) is 9.40. The van der Waals surface area contributed by atoms with E-state index in [0.29, 0.717) is 17.7 Å². The molecule has 1 aliphatic rings. The number of hydrogen-bond acceptors (Lipinski definition) is 1.